The lowest BCUT2D eigenvalue weighted by Crippen LogP contribution is -1.90. The minimum Gasteiger partial charge on any atom is -0.497 e. The summed E-state index contributed by atoms with van der Waals surface area (Å²) in [5, 5.41) is 4.45. The molecule has 0 spiro atoms. The van der Waals surface area contributed by atoms with Gasteiger partial charge in [-0.15, -0.1) is 11.3 Å². The Hall–Kier alpha value is -2.11. The summed E-state index contributed by atoms with van der Waals surface area (Å²) in [6.07, 6.45) is 0.820. The molecular weight excluding hydrogens is 396 g/mol. The highest BCUT2D eigenvalue weighted by Crippen LogP contribution is 2.30. The van der Waals surface area contributed by atoms with Crippen LogP contribution in [-0.2, 0) is 6.42 Å². The second-order valence-electron chi connectivity index (χ2n) is 5.95. The summed E-state index contributed by atoms with van der Waals surface area (Å²) in [6.45, 7) is 2.12. The number of ether oxygens (including phenoxy) is 1. The molecule has 4 aromatic rings. The first kappa shape index (κ1) is 16.4. The van der Waals surface area contributed by atoms with Gasteiger partial charge in [0.05, 0.1) is 17.8 Å². The number of hydrogen-bond donors (Lipinski definition) is 1. The van der Waals surface area contributed by atoms with Gasteiger partial charge in [-0.3, -0.25) is 0 Å². The van der Waals surface area contributed by atoms with Gasteiger partial charge in [-0.05, 0) is 42.8 Å². The van der Waals surface area contributed by atoms with Crippen molar-refractivity contribution in [2.45, 2.75) is 13.3 Å². The molecule has 0 radical (unpaired) electrons. The average Bonchev–Trinajstić information content (AvgIpc) is 3.20. The van der Waals surface area contributed by atoms with Gasteiger partial charge >= 0.3 is 0 Å². The van der Waals surface area contributed by atoms with Crippen LogP contribution in [0.25, 0.3) is 22.2 Å². The number of benzene rings is 2. The molecule has 2 aromatic carbocycles. The molecule has 0 unspecified atom stereocenters. The van der Waals surface area contributed by atoms with Crippen LogP contribution in [0.1, 0.15) is 16.3 Å². The minimum atomic E-state index is 0.820. The van der Waals surface area contributed by atoms with E-state index in [2.05, 4.69) is 57.5 Å². The topological polar surface area (TPSA) is 37.9 Å². The predicted octanol–water partition coefficient (Wildman–Crippen LogP) is 5.96. The van der Waals surface area contributed by atoms with Crippen molar-refractivity contribution < 1.29 is 4.74 Å². The minimum absolute atomic E-state index is 0.820. The molecule has 1 N–H and O–H groups in total. The third-order valence-corrected chi connectivity index (χ3v) is 5.72. The number of hydrogen-bond acceptors (Lipinski definition) is 3. The molecule has 2 heterocycles. The van der Waals surface area contributed by atoms with Gasteiger partial charge < -0.3 is 9.72 Å². The first-order valence-electron chi connectivity index (χ1n) is 7.99. The number of rotatable bonds is 4. The molecule has 2 aromatic heterocycles. The highest BCUT2D eigenvalue weighted by atomic mass is 79.9. The summed E-state index contributed by atoms with van der Waals surface area (Å²) in [4.78, 5) is 8.29. The second kappa shape index (κ2) is 6.65. The maximum absolute atomic E-state index is 5.38. The molecule has 126 valence electrons. The molecule has 0 aliphatic rings. The highest BCUT2D eigenvalue weighted by Gasteiger charge is 2.13. The van der Waals surface area contributed by atoms with E-state index in [-0.39, 0.29) is 0 Å². The molecule has 0 saturated heterocycles. The summed E-state index contributed by atoms with van der Waals surface area (Å²) in [7, 11) is 1.70. The van der Waals surface area contributed by atoms with Gasteiger partial charge in [0.15, 0.2) is 0 Å². The van der Waals surface area contributed by atoms with Gasteiger partial charge in [-0.2, -0.15) is 0 Å². The number of nitrogens with one attached hydrogen (secondary N) is 1. The zero-order valence-corrected chi connectivity index (χ0v) is 16.4. The number of aryl methyl sites for hydroxylation is 1. The van der Waals surface area contributed by atoms with Crippen LogP contribution in [0.15, 0.2) is 52.3 Å². The molecule has 4 rings (SSSR count). The van der Waals surface area contributed by atoms with Gasteiger partial charge in [-0.1, -0.05) is 28.1 Å². The number of halogens is 1. The van der Waals surface area contributed by atoms with Gasteiger partial charge in [0.2, 0.25) is 0 Å². The molecular formula is C20H17BrN2OS. The molecule has 5 heteroatoms. The number of methoxy groups -OCH3 is 1. The lowest BCUT2D eigenvalue weighted by Gasteiger charge is -2.02. The third kappa shape index (κ3) is 3.22. The SMILES string of the molecule is COc1ccc2[nH]c(C)c(Cc3nc(-c4ccc(Br)cc4)cs3)c2c1. The summed E-state index contributed by atoms with van der Waals surface area (Å²) >= 11 is 5.18. The van der Waals surface area contributed by atoms with Crippen molar-refractivity contribution in [3.63, 3.8) is 0 Å². The average molecular weight is 413 g/mol. The third-order valence-electron chi connectivity index (χ3n) is 4.35. The Morgan fingerprint density at radius 1 is 1.16 bits per heavy atom. The van der Waals surface area contributed by atoms with Crippen molar-refractivity contribution in [3.05, 3.63) is 68.6 Å². The fraction of sp³-hybridized carbons (Fsp3) is 0.150. The Kier molecular flexibility index (Phi) is 4.36. The number of thiazole rings is 1. The van der Waals surface area contributed by atoms with Crippen LogP contribution in [0.5, 0.6) is 5.75 Å². The molecule has 0 amide bonds. The van der Waals surface area contributed by atoms with Crippen LogP contribution in [0, 0.1) is 6.92 Å². The van der Waals surface area contributed by atoms with Gasteiger partial charge in [0.1, 0.15) is 5.75 Å². The first-order valence-corrected chi connectivity index (χ1v) is 9.67. The molecule has 3 nitrogen and oxygen atoms in total. The highest BCUT2D eigenvalue weighted by molar-refractivity contribution is 9.10. The number of aromatic nitrogens is 2. The second-order valence-corrected chi connectivity index (χ2v) is 7.81. The first-order chi connectivity index (χ1) is 12.1. The van der Waals surface area contributed by atoms with Crippen molar-refractivity contribution in [1.29, 1.82) is 0 Å². The van der Waals surface area contributed by atoms with E-state index in [1.807, 2.05) is 18.2 Å². The molecule has 0 fully saturated rings. The number of fused-ring (bicyclic) bond motifs is 1. The maximum atomic E-state index is 5.38. The number of H-pyrrole nitrogens is 1. The Labute approximate surface area is 158 Å². The molecule has 0 atom stereocenters. The van der Waals surface area contributed by atoms with Crippen molar-refractivity contribution in [1.82, 2.24) is 9.97 Å². The smallest absolute Gasteiger partial charge is 0.119 e. The van der Waals surface area contributed by atoms with Crippen LogP contribution in [-0.4, -0.2) is 17.1 Å². The van der Waals surface area contributed by atoms with E-state index in [0.29, 0.717) is 0 Å². The summed E-state index contributed by atoms with van der Waals surface area (Å²) < 4.78 is 6.46. The van der Waals surface area contributed by atoms with E-state index >= 15 is 0 Å². The van der Waals surface area contributed by atoms with E-state index in [1.54, 1.807) is 18.4 Å². The van der Waals surface area contributed by atoms with E-state index < -0.39 is 0 Å². The monoisotopic (exact) mass is 412 g/mol. The fourth-order valence-corrected chi connectivity index (χ4v) is 4.09. The van der Waals surface area contributed by atoms with Crippen molar-refractivity contribution in [3.8, 4) is 17.0 Å². The fourth-order valence-electron chi connectivity index (χ4n) is 3.01. The maximum Gasteiger partial charge on any atom is 0.119 e. The van der Waals surface area contributed by atoms with Crippen LogP contribution in [0.3, 0.4) is 0 Å². The van der Waals surface area contributed by atoms with Crippen LogP contribution >= 0.6 is 27.3 Å². The molecule has 0 saturated carbocycles. The molecule has 0 bridgehead atoms. The quantitative estimate of drug-likeness (QED) is 0.448. The standard InChI is InChI=1S/C20H17BrN2OS/c1-12-16(17-9-15(24-2)7-8-18(17)22-12)10-20-23-19(11-25-20)13-3-5-14(21)6-4-13/h3-9,11,22H,10H2,1-2H3. The lowest BCUT2D eigenvalue weighted by molar-refractivity contribution is 0.415. The number of nitrogens with zero attached hydrogens (tertiary/aromatic N) is 1. The van der Waals surface area contributed by atoms with E-state index in [1.165, 1.54) is 16.6 Å². The van der Waals surface area contributed by atoms with Crippen LogP contribution < -0.4 is 4.74 Å². The van der Waals surface area contributed by atoms with Crippen molar-refractivity contribution >= 4 is 38.2 Å². The normalized spacial score (nSPS) is 11.2. The van der Waals surface area contributed by atoms with Gasteiger partial charge in [0.25, 0.3) is 0 Å². The van der Waals surface area contributed by atoms with Crippen molar-refractivity contribution in [2.75, 3.05) is 7.11 Å². The van der Waals surface area contributed by atoms with E-state index in [9.17, 15) is 0 Å². The van der Waals surface area contributed by atoms with Crippen LogP contribution in [0.2, 0.25) is 0 Å². The molecule has 25 heavy (non-hydrogen) atoms. The zero-order valence-electron chi connectivity index (χ0n) is 14.0. The largest absolute Gasteiger partial charge is 0.497 e. The summed E-state index contributed by atoms with van der Waals surface area (Å²) in [5.74, 6) is 0.877. The Morgan fingerprint density at radius 2 is 1.96 bits per heavy atom. The molecule has 0 aliphatic carbocycles. The zero-order chi connectivity index (χ0) is 17.4. The Balaban J connectivity index is 1.67. The van der Waals surface area contributed by atoms with E-state index in [0.717, 1.165) is 38.4 Å². The van der Waals surface area contributed by atoms with E-state index in [4.69, 9.17) is 9.72 Å². The van der Waals surface area contributed by atoms with Crippen molar-refractivity contribution in [2.24, 2.45) is 0 Å². The van der Waals surface area contributed by atoms with Gasteiger partial charge in [-0.25, -0.2) is 4.98 Å². The Bertz CT molecular complexity index is 1030. The summed E-state index contributed by atoms with van der Waals surface area (Å²) in [5.41, 5.74) is 5.78. The number of aromatic amines is 1. The van der Waals surface area contributed by atoms with Gasteiger partial charge in [0, 0.05) is 38.4 Å². The van der Waals surface area contributed by atoms with Crippen LogP contribution in [0.4, 0.5) is 0 Å². The lowest BCUT2D eigenvalue weighted by atomic mass is 10.1. The molecule has 0 aliphatic heterocycles. The predicted molar refractivity (Wildman–Crippen MR) is 108 cm³/mol. The Morgan fingerprint density at radius 3 is 2.72 bits per heavy atom. The summed E-state index contributed by atoms with van der Waals surface area (Å²) in [6, 6.07) is 14.4.